The fraction of sp³-hybridized carbons (Fsp3) is 0.348. The van der Waals surface area contributed by atoms with Gasteiger partial charge >= 0.3 is 24.3 Å². The first-order chi connectivity index (χ1) is 16.0. The third-order valence-electron chi connectivity index (χ3n) is 4.50. The maximum Gasteiger partial charge on any atom is 0.416 e. The van der Waals surface area contributed by atoms with Crippen molar-refractivity contribution in [3.63, 3.8) is 0 Å². The lowest BCUT2D eigenvalue weighted by molar-refractivity contribution is -0.156. The van der Waals surface area contributed by atoms with Crippen molar-refractivity contribution in [1.29, 1.82) is 0 Å². The van der Waals surface area contributed by atoms with E-state index in [0.717, 1.165) is 0 Å². The van der Waals surface area contributed by atoms with Gasteiger partial charge in [0, 0.05) is 13.0 Å². The summed E-state index contributed by atoms with van der Waals surface area (Å²) >= 11 is 0. The van der Waals surface area contributed by atoms with Crippen molar-refractivity contribution in [2.24, 2.45) is 0 Å². The van der Waals surface area contributed by atoms with Gasteiger partial charge in [-0.15, -0.1) is 0 Å². The number of alkyl halides is 3. The second-order valence-corrected chi connectivity index (χ2v) is 7.59. The molecule has 0 spiro atoms. The van der Waals surface area contributed by atoms with Crippen LogP contribution in [0.3, 0.4) is 0 Å². The fourth-order valence-corrected chi connectivity index (χ4v) is 2.97. The Bertz CT molecular complexity index is 965. The Morgan fingerprint density at radius 1 is 0.941 bits per heavy atom. The number of nitrogens with one attached hydrogen (secondary N) is 2. The molecule has 2 atom stereocenters. The molecule has 2 unspecified atom stereocenters. The van der Waals surface area contributed by atoms with E-state index < -0.39 is 36.5 Å². The topological polar surface area (TPSA) is 114 Å². The summed E-state index contributed by atoms with van der Waals surface area (Å²) < 4.78 is 49.6. The summed E-state index contributed by atoms with van der Waals surface area (Å²) in [6.45, 7) is 3.39. The number of hydrogen-bond acceptors (Lipinski definition) is 5. The number of carboxylic acids is 1. The Morgan fingerprint density at radius 3 is 2.06 bits per heavy atom. The number of carbonyl (C=O) groups excluding carboxylic acids is 2. The molecule has 2 amide bonds. The van der Waals surface area contributed by atoms with E-state index in [-0.39, 0.29) is 24.6 Å². The number of carboxylic acid groups (broad SMARTS) is 1. The molecule has 34 heavy (non-hydrogen) atoms. The first-order valence-corrected chi connectivity index (χ1v) is 10.3. The van der Waals surface area contributed by atoms with E-state index in [1.807, 2.05) is 0 Å². The molecule has 0 fully saturated rings. The van der Waals surface area contributed by atoms with Gasteiger partial charge in [0.2, 0.25) is 0 Å². The largest absolute Gasteiger partial charge is 0.479 e. The normalized spacial score (nSPS) is 13.1. The lowest BCUT2D eigenvalue weighted by atomic mass is 10.1. The van der Waals surface area contributed by atoms with Crippen LogP contribution >= 0.6 is 0 Å². The van der Waals surface area contributed by atoms with E-state index in [9.17, 15) is 32.7 Å². The molecule has 8 nitrogen and oxygen atoms in total. The third-order valence-corrected chi connectivity index (χ3v) is 4.50. The van der Waals surface area contributed by atoms with Crippen LogP contribution in [0, 0.1) is 0 Å². The number of carbonyl (C=O) groups is 3. The number of ether oxygens (including phenoxy) is 2. The predicted octanol–water partition coefficient (Wildman–Crippen LogP) is 4.35. The summed E-state index contributed by atoms with van der Waals surface area (Å²) in [5.74, 6) is -1.08. The minimum atomic E-state index is -4.79. The van der Waals surface area contributed by atoms with Gasteiger partial charge in [-0.1, -0.05) is 54.6 Å². The quantitative estimate of drug-likeness (QED) is 0.458. The standard InChI is InChI=1S/C23H25F3N2O6/c1-14(2)33-18(20(29)30)12-15-8-10-16(11-9-15)13-27-21(31)34-22(32)28-19(23(24,25)26)17-6-4-3-5-7-17/h3-11,14,18-19H,12-13H2,1-2H3,(H,27,31)(H,28,32)(H,29,30). The van der Waals surface area contributed by atoms with E-state index in [0.29, 0.717) is 11.1 Å². The molecule has 2 aromatic rings. The Kier molecular flexibility index (Phi) is 9.43. The first-order valence-electron chi connectivity index (χ1n) is 10.3. The molecule has 3 N–H and O–H groups in total. The van der Waals surface area contributed by atoms with Crippen molar-refractivity contribution in [2.75, 3.05) is 0 Å². The maximum absolute atomic E-state index is 13.3. The van der Waals surface area contributed by atoms with Gasteiger partial charge in [-0.3, -0.25) is 0 Å². The predicted molar refractivity (Wildman–Crippen MR) is 115 cm³/mol. The summed E-state index contributed by atoms with van der Waals surface area (Å²) in [6.07, 6.45) is -8.69. The number of rotatable bonds is 9. The van der Waals surface area contributed by atoms with Gasteiger partial charge in [-0.25, -0.2) is 14.4 Å². The van der Waals surface area contributed by atoms with Crippen LogP contribution in [0.4, 0.5) is 22.8 Å². The summed E-state index contributed by atoms with van der Waals surface area (Å²) in [4.78, 5) is 34.9. The molecular formula is C23H25F3N2O6. The summed E-state index contributed by atoms with van der Waals surface area (Å²) in [5.41, 5.74) is 1.07. The van der Waals surface area contributed by atoms with Gasteiger partial charge < -0.3 is 25.2 Å². The van der Waals surface area contributed by atoms with Gasteiger partial charge in [0.1, 0.15) is 0 Å². The molecule has 0 saturated carbocycles. The molecule has 0 radical (unpaired) electrons. The van der Waals surface area contributed by atoms with Gasteiger partial charge in [0.05, 0.1) is 6.10 Å². The number of benzene rings is 2. The van der Waals surface area contributed by atoms with Crippen molar-refractivity contribution in [2.45, 2.75) is 51.2 Å². The molecule has 184 valence electrons. The zero-order valence-electron chi connectivity index (χ0n) is 18.5. The number of amides is 2. The maximum atomic E-state index is 13.3. The number of hydrogen-bond donors (Lipinski definition) is 3. The average molecular weight is 482 g/mol. The molecule has 2 rings (SSSR count). The minimum absolute atomic E-state index is 0.0708. The Balaban J connectivity index is 1.87. The molecular weight excluding hydrogens is 457 g/mol. The highest BCUT2D eigenvalue weighted by Gasteiger charge is 2.42. The number of alkyl carbamates (subject to hydrolysis) is 2. The second-order valence-electron chi connectivity index (χ2n) is 7.59. The highest BCUT2D eigenvalue weighted by Crippen LogP contribution is 2.32. The molecule has 0 aliphatic heterocycles. The highest BCUT2D eigenvalue weighted by atomic mass is 19.4. The van der Waals surface area contributed by atoms with Crippen molar-refractivity contribution in [1.82, 2.24) is 10.6 Å². The molecule has 0 heterocycles. The van der Waals surface area contributed by atoms with Crippen molar-refractivity contribution >= 4 is 18.2 Å². The molecule has 0 bridgehead atoms. The van der Waals surface area contributed by atoms with Gasteiger partial charge in [-0.2, -0.15) is 13.2 Å². The molecule has 0 saturated heterocycles. The van der Waals surface area contributed by atoms with E-state index in [1.165, 1.54) is 30.3 Å². The SMILES string of the molecule is CC(C)OC(Cc1ccc(CNC(=O)OC(=O)NC(c2ccccc2)C(F)(F)F)cc1)C(=O)O. The first kappa shape index (κ1) is 26.7. The highest BCUT2D eigenvalue weighted by molar-refractivity contribution is 5.83. The van der Waals surface area contributed by atoms with Crippen LogP contribution < -0.4 is 10.6 Å². The third kappa shape index (κ3) is 8.74. The molecule has 0 aliphatic carbocycles. The van der Waals surface area contributed by atoms with Crippen LogP contribution in [0.1, 0.15) is 36.6 Å². The fourth-order valence-electron chi connectivity index (χ4n) is 2.97. The Morgan fingerprint density at radius 2 is 1.53 bits per heavy atom. The summed E-state index contributed by atoms with van der Waals surface area (Å²) in [6, 6.07) is 10.9. The number of aliphatic carboxylic acids is 1. The molecule has 0 aliphatic rings. The van der Waals surface area contributed by atoms with Gasteiger partial charge in [0.25, 0.3) is 0 Å². The van der Waals surface area contributed by atoms with Crippen LogP contribution in [0.15, 0.2) is 54.6 Å². The van der Waals surface area contributed by atoms with E-state index in [4.69, 9.17) is 4.74 Å². The Labute approximate surface area is 194 Å². The number of halogens is 3. The zero-order valence-corrected chi connectivity index (χ0v) is 18.5. The second kappa shape index (κ2) is 12.0. The van der Waals surface area contributed by atoms with Gasteiger partial charge in [-0.05, 0) is 30.5 Å². The van der Waals surface area contributed by atoms with E-state index in [1.54, 1.807) is 43.4 Å². The minimum Gasteiger partial charge on any atom is -0.479 e. The zero-order chi connectivity index (χ0) is 25.3. The molecule has 0 aromatic heterocycles. The van der Waals surface area contributed by atoms with Crippen LogP contribution in [0.2, 0.25) is 0 Å². The lowest BCUT2D eigenvalue weighted by Gasteiger charge is -2.21. The van der Waals surface area contributed by atoms with Gasteiger partial charge in [0.15, 0.2) is 12.1 Å². The lowest BCUT2D eigenvalue weighted by Crippen LogP contribution is -2.40. The molecule has 2 aromatic carbocycles. The van der Waals surface area contributed by atoms with Crippen molar-refractivity contribution < 1.29 is 42.1 Å². The monoisotopic (exact) mass is 482 g/mol. The smallest absolute Gasteiger partial charge is 0.416 e. The summed E-state index contributed by atoms with van der Waals surface area (Å²) in [7, 11) is 0. The van der Waals surface area contributed by atoms with Crippen LogP contribution in [0.5, 0.6) is 0 Å². The Hall–Kier alpha value is -3.60. The van der Waals surface area contributed by atoms with Crippen molar-refractivity contribution in [3.8, 4) is 0 Å². The summed E-state index contributed by atoms with van der Waals surface area (Å²) in [5, 5.41) is 13.1. The van der Waals surface area contributed by atoms with E-state index in [2.05, 4.69) is 10.1 Å². The van der Waals surface area contributed by atoms with Crippen LogP contribution in [-0.2, 0) is 27.2 Å². The molecule has 11 heteroatoms. The van der Waals surface area contributed by atoms with E-state index >= 15 is 0 Å². The van der Waals surface area contributed by atoms with Crippen LogP contribution in [-0.4, -0.2) is 41.6 Å². The van der Waals surface area contributed by atoms with Crippen LogP contribution in [0.25, 0.3) is 0 Å². The average Bonchev–Trinajstić information content (AvgIpc) is 2.76. The van der Waals surface area contributed by atoms with Crippen molar-refractivity contribution in [3.05, 3.63) is 71.3 Å².